The Hall–Kier alpha value is -1.77. The molecule has 1 aromatic carbocycles. The van der Waals surface area contributed by atoms with E-state index in [1.807, 2.05) is 24.3 Å². The van der Waals surface area contributed by atoms with E-state index in [4.69, 9.17) is 4.74 Å². The zero-order valence-electron chi connectivity index (χ0n) is 13.4. The van der Waals surface area contributed by atoms with Gasteiger partial charge in [0.25, 0.3) is 0 Å². The van der Waals surface area contributed by atoms with Gasteiger partial charge >= 0.3 is 0 Å². The molecule has 0 saturated heterocycles. The smallest absolute Gasteiger partial charge is 0.244 e. The molecule has 0 saturated carbocycles. The number of ether oxygens (including phenoxy) is 1. The number of hydrogen-bond acceptors (Lipinski definition) is 2. The van der Waals surface area contributed by atoms with Gasteiger partial charge in [-0.25, -0.2) is 0 Å². The molecule has 0 fully saturated rings. The Bertz CT molecular complexity index is 454. The zero-order valence-corrected chi connectivity index (χ0v) is 13.4. The summed E-state index contributed by atoms with van der Waals surface area (Å²) in [6.07, 6.45) is 8.09. The third-order valence-electron chi connectivity index (χ3n) is 3.66. The highest BCUT2D eigenvalue weighted by molar-refractivity contribution is 5.92. The third kappa shape index (κ3) is 6.48. The van der Waals surface area contributed by atoms with E-state index >= 15 is 0 Å². The topological polar surface area (TPSA) is 38.3 Å². The van der Waals surface area contributed by atoms with Crippen molar-refractivity contribution in [3.8, 4) is 5.75 Å². The van der Waals surface area contributed by atoms with Gasteiger partial charge in [0.2, 0.25) is 5.91 Å². The molecular weight excluding hydrogens is 262 g/mol. The first kappa shape index (κ1) is 17.3. The van der Waals surface area contributed by atoms with Crippen LogP contribution in [0.15, 0.2) is 30.3 Å². The van der Waals surface area contributed by atoms with Crippen LogP contribution in [-0.4, -0.2) is 19.6 Å². The third-order valence-corrected chi connectivity index (χ3v) is 3.66. The molecule has 1 atom stereocenters. The normalized spacial score (nSPS) is 12.3. The SMILES string of the molecule is CCCC[C@@H](CC)CNC(=O)/C=C/c1ccccc1OC. The van der Waals surface area contributed by atoms with Crippen molar-refractivity contribution in [2.45, 2.75) is 39.5 Å². The average Bonchev–Trinajstić information content (AvgIpc) is 2.53. The van der Waals surface area contributed by atoms with Gasteiger partial charge in [0, 0.05) is 18.2 Å². The van der Waals surface area contributed by atoms with Crippen LogP contribution in [0.4, 0.5) is 0 Å². The quantitative estimate of drug-likeness (QED) is 0.697. The van der Waals surface area contributed by atoms with Crippen LogP contribution in [0.1, 0.15) is 45.1 Å². The number of carbonyl (C=O) groups is 1. The molecule has 3 heteroatoms. The lowest BCUT2D eigenvalue weighted by atomic mass is 9.99. The van der Waals surface area contributed by atoms with Gasteiger partial charge in [0.05, 0.1) is 7.11 Å². The maximum atomic E-state index is 11.9. The molecule has 0 bridgehead atoms. The summed E-state index contributed by atoms with van der Waals surface area (Å²) < 4.78 is 5.25. The Morgan fingerprint density at radius 1 is 1.33 bits per heavy atom. The number of methoxy groups -OCH3 is 1. The average molecular weight is 289 g/mol. The van der Waals surface area contributed by atoms with E-state index in [1.165, 1.54) is 19.3 Å². The molecule has 1 rings (SSSR count). The first-order chi connectivity index (χ1) is 10.2. The van der Waals surface area contributed by atoms with Crippen molar-refractivity contribution in [2.24, 2.45) is 5.92 Å². The van der Waals surface area contributed by atoms with Crippen LogP contribution in [0.2, 0.25) is 0 Å². The number of rotatable bonds is 9. The van der Waals surface area contributed by atoms with E-state index in [0.29, 0.717) is 5.92 Å². The van der Waals surface area contributed by atoms with Gasteiger partial charge in [-0.2, -0.15) is 0 Å². The van der Waals surface area contributed by atoms with E-state index in [2.05, 4.69) is 19.2 Å². The van der Waals surface area contributed by atoms with Gasteiger partial charge in [-0.3, -0.25) is 4.79 Å². The van der Waals surface area contributed by atoms with Gasteiger partial charge in [0.15, 0.2) is 0 Å². The number of nitrogens with one attached hydrogen (secondary N) is 1. The molecule has 0 heterocycles. The van der Waals surface area contributed by atoms with Gasteiger partial charge in [-0.1, -0.05) is 51.3 Å². The molecule has 21 heavy (non-hydrogen) atoms. The van der Waals surface area contributed by atoms with Crippen LogP contribution in [0.25, 0.3) is 6.08 Å². The van der Waals surface area contributed by atoms with E-state index < -0.39 is 0 Å². The Morgan fingerprint density at radius 2 is 2.10 bits per heavy atom. The second-order valence-electron chi connectivity index (χ2n) is 5.24. The number of carbonyl (C=O) groups excluding carboxylic acids is 1. The molecule has 0 unspecified atom stereocenters. The molecule has 0 aromatic heterocycles. The summed E-state index contributed by atoms with van der Waals surface area (Å²) in [5, 5.41) is 2.98. The lowest BCUT2D eigenvalue weighted by Crippen LogP contribution is -2.27. The minimum Gasteiger partial charge on any atom is -0.496 e. The fourth-order valence-corrected chi connectivity index (χ4v) is 2.22. The fourth-order valence-electron chi connectivity index (χ4n) is 2.22. The lowest BCUT2D eigenvalue weighted by molar-refractivity contribution is -0.116. The molecule has 0 aliphatic heterocycles. The van der Waals surface area contributed by atoms with Crippen molar-refractivity contribution in [3.05, 3.63) is 35.9 Å². The van der Waals surface area contributed by atoms with Crippen molar-refractivity contribution >= 4 is 12.0 Å². The summed E-state index contributed by atoms with van der Waals surface area (Å²) in [6, 6.07) is 7.65. The molecule has 0 aliphatic carbocycles. The van der Waals surface area contributed by atoms with Crippen molar-refractivity contribution in [3.63, 3.8) is 0 Å². The summed E-state index contributed by atoms with van der Waals surface area (Å²) >= 11 is 0. The minimum absolute atomic E-state index is 0.0455. The molecule has 1 amide bonds. The minimum atomic E-state index is -0.0455. The van der Waals surface area contributed by atoms with Crippen LogP contribution >= 0.6 is 0 Å². The second-order valence-corrected chi connectivity index (χ2v) is 5.24. The molecule has 116 valence electrons. The van der Waals surface area contributed by atoms with E-state index in [-0.39, 0.29) is 5.91 Å². The molecule has 0 radical (unpaired) electrons. The Balaban J connectivity index is 2.47. The number of para-hydroxylation sites is 1. The van der Waals surface area contributed by atoms with Gasteiger partial charge in [-0.15, -0.1) is 0 Å². The second kappa shape index (κ2) is 10.0. The fraction of sp³-hybridized carbons (Fsp3) is 0.500. The Kier molecular flexibility index (Phi) is 8.25. The summed E-state index contributed by atoms with van der Waals surface area (Å²) in [6.45, 7) is 5.13. The largest absolute Gasteiger partial charge is 0.496 e. The summed E-state index contributed by atoms with van der Waals surface area (Å²) in [7, 11) is 1.63. The predicted octanol–water partition coefficient (Wildman–Crippen LogP) is 4.04. The molecular formula is C18H27NO2. The van der Waals surface area contributed by atoms with E-state index in [0.717, 1.165) is 24.3 Å². The highest BCUT2D eigenvalue weighted by Gasteiger charge is 2.06. The van der Waals surface area contributed by atoms with Crippen LogP contribution in [0.3, 0.4) is 0 Å². The maximum Gasteiger partial charge on any atom is 0.244 e. The Morgan fingerprint density at radius 3 is 2.76 bits per heavy atom. The van der Waals surface area contributed by atoms with Crippen LogP contribution < -0.4 is 10.1 Å². The monoisotopic (exact) mass is 289 g/mol. The maximum absolute atomic E-state index is 11.9. The van der Waals surface area contributed by atoms with E-state index in [1.54, 1.807) is 19.3 Å². The Labute approximate surface area is 128 Å². The van der Waals surface area contributed by atoms with Crippen LogP contribution in [0.5, 0.6) is 5.75 Å². The number of hydrogen-bond donors (Lipinski definition) is 1. The number of amides is 1. The summed E-state index contributed by atoms with van der Waals surface area (Å²) in [4.78, 5) is 11.9. The molecule has 0 spiro atoms. The van der Waals surface area contributed by atoms with Crippen molar-refractivity contribution in [2.75, 3.05) is 13.7 Å². The van der Waals surface area contributed by atoms with Crippen molar-refractivity contribution in [1.29, 1.82) is 0 Å². The summed E-state index contributed by atoms with van der Waals surface area (Å²) in [5.74, 6) is 1.31. The highest BCUT2D eigenvalue weighted by Crippen LogP contribution is 2.18. The standard InChI is InChI=1S/C18H27NO2/c1-4-6-9-15(5-2)14-19-18(20)13-12-16-10-7-8-11-17(16)21-3/h7-8,10-13,15H,4-6,9,14H2,1-3H3,(H,19,20)/b13-12+/t15-/m1/s1. The van der Waals surface area contributed by atoms with Crippen LogP contribution in [-0.2, 0) is 4.79 Å². The van der Waals surface area contributed by atoms with E-state index in [9.17, 15) is 4.79 Å². The highest BCUT2D eigenvalue weighted by atomic mass is 16.5. The predicted molar refractivity (Wildman–Crippen MR) is 88.3 cm³/mol. The first-order valence-electron chi connectivity index (χ1n) is 7.80. The zero-order chi connectivity index (χ0) is 15.5. The molecule has 3 nitrogen and oxygen atoms in total. The van der Waals surface area contributed by atoms with Gasteiger partial charge < -0.3 is 10.1 Å². The number of benzene rings is 1. The lowest BCUT2D eigenvalue weighted by Gasteiger charge is -2.14. The van der Waals surface area contributed by atoms with Crippen molar-refractivity contribution < 1.29 is 9.53 Å². The van der Waals surface area contributed by atoms with Crippen LogP contribution in [0, 0.1) is 5.92 Å². The molecule has 0 aliphatic rings. The first-order valence-corrected chi connectivity index (χ1v) is 7.80. The van der Waals surface area contributed by atoms with Crippen molar-refractivity contribution in [1.82, 2.24) is 5.32 Å². The van der Waals surface area contributed by atoms with Gasteiger partial charge in [-0.05, 0) is 24.5 Å². The summed E-state index contributed by atoms with van der Waals surface area (Å²) in [5.41, 5.74) is 0.910. The van der Waals surface area contributed by atoms with Gasteiger partial charge in [0.1, 0.15) is 5.75 Å². The molecule has 1 N–H and O–H groups in total. The molecule has 1 aromatic rings. The number of unbranched alkanes of at least 4 members (excludes halogenated alkanes) is 1.